The minimum absolute atomic E-state index is 0.0946. The van der Waals surface area contributed by atoms with Crippen LogP contribution in [0.15, 0.2) is 24.3 Å². The molecule has 2 aliphatic rings. The van der Waals surface area contributed by atoms with Gasteiger partial charge in [-0.05, 0) is 50.3 Å². The second-order valence-corrected chi connectivity index (χ2v) is 9.22. The van der Waals surface area contributed by atoms with E-state index < -0.39 is 23.4 Å². The fourth-order valence-corrected chi connectivity index (χ4v) is 4.40. The zero-order valence-electron chi connectivity index (χ0n) is 18.9. The highest BCUT2D eigenvalue weighted by Gasteiger charge is 2.38. The number of rotatable bonds is 9. The zero-order valence-corrected chi connectivity index (χ0v) is 18.9. The van der Waals surface area contributed by atoms with E-state index in [1.807, 2.05) is 18.2 Å². The number of carbonyl (C=O) groups is 3. The number of hydrogen-bond donors (Lipinski definition) is 4. The van der Waals surface area contributed by atoms with E-state index in [2.05, 4.69) is 27.0 Å². The highest BCUT2D eigenvalue weighted by Crippen LogP contribution is 2.34. The predicted molar refractivity (Wildman–Crippen MR) is 121 cm³/mol. The molecule has 1 saturated carbocycles. The maximum atomic E-state index is 13.2. The van der Waals surface area contributed by atoms with Gasteiger partial charge < -0.3 is 25.7 Å². The van der Waals surface area contributed by atoms with Gasteiger partial charge in [-0.25, -0.2) is 0 Å². The molecule has 1 aliphatic heterocycles. The fraction of sp³-hybridized carbons (Fsp3) is 0.500. The monoisotopic (exact) mass is 451 g/mol. The molecule has 1 aromatic heterocycles. The standard InChI is InChI=1S/C24H29N5O4/c1-24(13-25,12-15-8-9-26-21(15)30)29-23(32)18(10-14-6-7-14)28-22(31)19-11-16-17(27-19)4-3-5-20(16)33-2/h3-5,11,14-15,18,27H,6-10,12H2,1-2H3,(H,26,30)(H,28,31)(H,29,32)/t15-,18-,24?/m0/s1. The third-order valence-corrected chi connectivity index (χ3v) is 6.44. The van der Waals surface area contributed by atoms with Crippen LogP contribution < -0.4 is 20.7 Å². The fourth-order valence-electron chi connectivity index (χ4n) is 4.40. The van der Waals surface area contributed by atoms with E-state index in [0.29, 0.717) is 36.7 Å². The summed E-state index contributed by atoms with van der Waals surface area (Å²) in [4.78, 5) is 41.2. The van der Waals surface area contributed by atoms with Gasteiger partial charge in [0.25, 0.3) is 5.91 Å². The van der Waals surface area contributed by atoms with Crippen molar-refractivity contribution in [3.8, 4) is 11.8 Å². The topological polar surface area (TPSA) is 136 Å². The summed E-state index contributed by atoms with van der Waals surface area (Å²) in [7, 11) is 1.57. The Balaban J connectivity index is 1.48. The minimum atomic E-state index is -1.20. The van der Waals surface area contributed by atoms with Crippen LogP contribution in [0, 0.1) is 23.2 Å². The molecule has 2 heterocycles. The number of methoxy groups -OCH3 is 1. The van der Waals surface area contributed by atoms with Crippen LogP contribution in [0.3, 0.4) is 0 Å². The SMILES string of the molecule is COc1cccc2[nH]c(C(=O)N[C@@H](CC3CC3)C(=O)NC(C)(C#N)C[C@@H]3CCNC3=O)cc12. The average molecular weight is 452 g/mol. The van der Waals surface area contributed by atoms with Crippen molar-refractivity contribution in [3.05, 3.63) is 30.0 Å². The number of nitrogens with zero attached hydrogens (tertiary/aromatic N) is 1. The van der Waals surface area contributed by atoms with Gasteiger partial charge in [0.05, 0.1) is 13.2 Å². The maximum absolute atomic E-state index is 13.2. The minimum Gasteiger partial charge on any atom is -0.496 e. The Morgan fingerprint density at radius 2 is 2.12 bits per heavy atom. The molecule has 1 aliphatic carbocycles. The molecule has 4 N–H and O–H groups in total. The lowest BCUT2D eigenvalue weighted by Gasteiger charge is -2.28. The van der Waals surface area contributed by atoms with Crippen LogP contribution in [0.25, 0.3) is 10.9 Å². The summed E-state index contributed by atoms with van der Waals surface area (Å²) in [5.74, 6) is -0.196. The van der Waals surface area contributed by atoms with Crippen LogP contribution >= 0.6 is 0 Å². The van der Waals surface area contributed by atoms with Crippen molar-refractivity contribution in [1.29, 1.82) is 5.26 Å². The number of hydrogen-bond acceptors (Lipinski definition) is 5. The number of nitrogens with one attached hydrogen (secondary N) is 4. The van der Waals surface area contributed by atoms with E-state index in [1.165, 1.54) is 0 Å². The van der Waals surface area contributed by atoms with Gasteiger partial charge in [-0.1, -0.05) is 18.9 Å². The number of aromatic amines is 1. The van der Waals surface area contributed by atoms with Crippen LogP contribution in [0.1, 0.15) is 49.5 Å². The molecule has 4 rings (SSSR count). The molecule has 1 aromatic carbocycles. The molecule has 9 heteroatoms. The first-order valence-corrected chi connectivity index (χ1v) is 11.3. The predicted octanol–water partition coefficient (Wildman–Crippen LogP) is 2.00. The summed E-state index contributed by atoms with van der Waals surface area (Å²) >= 11 is 0. The Bertz CT molecular complexity index is 1120. The van der Waals surface area contributed by atoms with Gasteiger partial charge in [-0.2, -0.15) is 5.26 Å². The van der Waals surface area contributed by atoms with Gasteiger partial charge in [-0.15, -0.1) is 0 Å². The van der Waals surface area contributed by atoms with E-state index in [1.54, 1.807) is 20.1 Å². The third kappa shape index (κ3) is 5.11. The Morgan fingerprint density at radius 3 is 2.76 bits per heavy atom. The van der Waals surface area contributed by atoms with Crippen molar-refractivity contribution < 1.29 is 19.1 Å². The van der Waals surface area contributed by atoms with Gasteiger partial charge in [0.1, 0.15) is 23.0 Å². The Labute approximate surface area is 192 Å². The van der Waals surface area contributed by atoms with Crippen LogP contribution in [-0.4, -0.2) is 47.9 Å². The lowest BCUT2D eigenvalue weighted by molar-refractivity contribution is -0.126. The molecule has 1 saturated heterocycles. The molecule has 0 bridgehead atoms. The number of amides is 3. The van der Waals surface area contributed by atoms with Crippen LogP contribution in [0.2, 0.25) is 0 Å². The summed E-state index contributed by atoms with van der Waals surface area (Å²) in [6.45, 7) is 2.20. The highest BCUT2D eigenvalue weighted by molar-refractivity contribution is 6.01. The number of fused-ring (bicyclic) bond motifs is 1. The van der Waals surface area contributed by atoms with Crippen LogP contribution in [-0.2, 0) is 9.59 Å². The summed E-state index contributed by atoms with van der Waals surface area (Å²) in [6, 6.07) is 8.57. The second-order valence-electron chi connectivity index (χ2n) is 9.22. The Kier molecular flexibility index (Phi) is 6.27. The van der Waals surface area contributed by atoms with E-state index >= 15 is 0 Å². The second kappa shape index (κ2) is 9.14. The normalized spacial score (nSPS) is 20.4. The summed E-state index contributed by atoms with van der Waals surface area (Å²) in [5, 5.41) is 18.9. The van der Waals surface area contributed by atoms with Crippen molar-refractivity contribution >= 4 is 28.6 Å². The summed E-state index contributed by atoms with van der Waals surface area (Å²) in [5.41, 5.74) is -0.117. The van der Waals surface area contributed by atoms with Gasteiger partial charge in [0.2, 0.25) is 11.8 Å². The maximum Gasteiger partial charge on any atom is 0.268 e. The molecule has 1 unspecified atom stereocenters. The zero-order chi connectivity index (χ0) is 23.6. The smallest absolute Gasteiger partial charge is 0.268 e. The van der Waals surface area contributed by atoms with Crippen molar-refractivity contribution in [2.45, 2.75) is 50.6 Å². The van der Waals surface area contributed by atoms with E-state index in [0.717, 1.165) is 23.7 Å². The van der Waals surface area contributed by atoms with Crippen molar-refractivity contribution in [1.82, 2.24) is 20.9 Å². The Hall–Kier alpha value is -3.54. The van der Waals surface area contributed by atoms with Gasteiger partial charge in [-0.3, -0.25) is 14.4 Å². The molecule has 9 nitrogen and oxygen atoms in total. The molecule has 33 heavy (non-hydrogen) atoms. The van der Waals surface area contributed by atoms with E-state index in [4.69, 9.17) is 4.74 Å². The summed E-state index contributed by atoms with van der Waals surface area (Å²) < 4.78 is 5.36. The van der Waals surface area contributed by atoms with Crippen LogP contribution in [0.5, 0.6) is 5.75 Å². The lowest BCUT2D eigenvalue weighted by atomic mass is 9.88. The average Bonchev–Trinajstić information content (AvgIpc) is 3.36. The Morgan fingerprint density at radius 1 is 1.33 bits per heavy atom. The molecule has 2 aromatic rings. The molecule has 174 valence electrons. The van der Waals surface area contributed by atoms with Crippen molar-refractivity contribution in [2.75, 3.05) is 13.7 Å². The number of aromatic nitrogens is 1. The number of carbonyl (C=O) groups excluding carboxylic acids is 3. The molecular weight excluding hydrogens is 422 g/mol. The van der Waals surface area contributed by atoms with Crippen molar-refractivity contribution in [2.24, 2.45) is 11.8 Å². The first-order chi connectivity index (χ1) is 15.8. The van der Waals surface area contributed by atoms with Gasteiger partial charge >= 0.3 is 0 Å². The molecule has 0 spiro atoms. The number of nitriles is 1. The third-order valence-electron chi connectivity index (χ3n) is 6.44. The van der Waals surface area contributed by atoms with Crippen molar-refractivity contribution in [3.63, 3.8) is 0 Å². The summed E-state index contributed by atoms with van der Waals surface area (Å²) in [6.07, 6.45) is 3.40. The number of benzene rings is 1. The van der Waals surface area contributed by atoms with E-state index in [-0.39, 0.29) is 18.2 Å². The first kappa shape index (κ1) is 22.6. The molecular formula is C24H29N5O4. The number of ether oxygens (including phenoxy) is 1. The number of H-pyrrole nitrogens is 1. The molecule has 3 atom stereocenters. The first-order valence-electron chi connectivity index (χ1n) is 11.3. The molecule has 3 amide bonds. The molecule has 0 radical (unpaired) electrons. The quantitative estimate of drug-likeness (QED) is 0.462. The molecule has 2 fully saturated rings. The van der Waals surface area contributed by atoms with Gasteiger partial charge in [0.15, 0.2) is 0 Å². The largest absolute Gasteiger partial charge is 0.496 e. The van der Waals surface area contributed by atoms with Gasteiger partial charge in [0, 0.05) is 23.4 Å². The lowest BCUT2D eigenvalue weighted by Crippen LogP contribution is -2.55. The van der Waals surface area contributed by atoms with Crippen LogP contribution in [0.4, 0.5) is 0 Å². The van der Waals surface area contributed by atoms with E-state index in [9.17, 15) is 19.6 Å². The highest BCUT2D eigenvalue weighted by atomic mass is 16.5.